The molecule has 2 aliphatic heterocycles. The Hall–Kier alpha value is -4.18. The van der Waals surface area contributed by atoms with Gasteiger partial charge in [-0.05, 0) is 48.7 Å². The average molecular weight is 602 g/mol. The van der Waals surface area contributed by atoms with Crippen molar-refractivity contribution >= 4 is 45.1 Å². The van der Waals surface area contributed by atoms with Crippen molar-refractivity contribution in [2.75, 3.05) is 19.7 Å². The zero-order valence-corrected chi connectivity index (χ0v) is 24.0. The zero-order valence-electron chi connectivity index (χ0n) is 23.3. The maximum atomic E-state index is 13.8. The van der Waals surface area contributed by atoms with Gasteiger partial charge in [0.15, 0.2) is 0 Å². The molecule has 1 saturated heterocycles. The number of halogens is 2. The highest BCUT2D eigenvalue weighted by Crippen LogP contribution is 2.34. The second kappa shape index (κ2) is 11.5. The highest BCUT2D eigenvalue weighted by Gasteiger charge is 2.24. The quantitative estimate of drug-likeness (QED) is 0.196. The summed E-state index contributed by atoms with van der Waals surface area (Å²) >= 11 is 6.22. The normalized spacial score (nSPS) is 17.3. The van der Waals surface area contributed by atoms with Crippen LogP contribution in [0, 0.1) is 6.01 Å². The Labute approximate surface area is 251 Å². The Balaban J connectivity index is 1.08. The lowest BCUT2D eigenvalue weighted by Gasteiger charge is -2.29. The first-order valence-corrected chi connectivity index (χ1v) is 14.6. The van der Waals surface area contributed by atoms with Gasteiger partial charge in [-0.15, -0.1) is 0 Å². The molecule has 7 rings (SSSR count). The summed E-state index contributed by atoms with van der Waals surface area (Å²) in [5.41, 5.74) is 5.18. The van der Waals surface area contributed by atoms with E-state index < -0.39 is 12.0 Å². The summed E-state index contributed by atoms with van der Waals surface area (Å²) in [5.74, 6) is 0.691. The number of furan rings is 1. The topological polar surface area (TPSA) is 90.0 Å². The lowest BCUT2D eigenvalue weighted by molar-refractivity contribution is -0.0591. The number of nitrogens with zero attached hydrogens (tertiary/aromatic N) is 3. The van der Waals surface area contributed by atoms with Gasteiger partial charge < -0.3 is 23.6 Å². The van der Waals surface area contributed by atoms with Gasteiger partial charge in [-0.1, -0.05) is 41.9 Å². The van der Waals surface area contributed by atoms with Gasteiger partial charge in [0.25, 0.3) is 6.01 Å². The maximum Gasteiger partial charge on any atom is 0.335 e. The number of carboxylic acid groups (broad SMARTS) is 1. The molecule has 8 nitrogen and oxygen atoms in total. The Morgan fingerprint density at radius 1 is 1.16 bits per heavy atom. The van der Waals surface area contributed by atoms with Gasteiger partial charge in [0.1, 0.15) is 23.8 Å². The Bertz CT molecular complexity index is 1880. The number of fused-ring (bicyclic) bond motifs is 2. The van der Waals surface area contributed by atoms with Crippen LogP contribution in [0.3, 0.4) is 0 Å². The number of para-hydroxylation sites is 1. The number of benzene rings is 3. The third-order valence-corrected chi connectivity index (χ3v) is 8.54. The van der Waals surface area contributed by atoms with Crippen molar-refractivity contribution in [3.63, 3.8) is 0 Å². The molecule has 1 atom stereocenters. The molecule has 0 amide bonds. The van der Waals surface area contributed by atoms with Crippen LogP contribution >= 0.6 is 11.6 Å². The largest absolute Gasteiger partial charge is 0.488 e. The smallest absolute Gasteiger partial charge is 0.335 e. The third kappa shape index (κ3) is 5.51. The molecule has 0 radical (unpaired) electrons. The average Bonchev–Trinajstić information content (AvgIpc) is 3.55. The number of hydrogen-bond donors (Lipinski definition) is 1. The van der Waals surface area contributed by atoms with Crippen LogP contribution in [0.1, 0.15) is 40.2 Å². The minimum absolute atomic E-state index is 0.116. The molecule has 220 valence electrons. The van der Waals surface area contributed by atoms with Gasteiger partial charge in [-0.3, -0.25) is 4.90 Å². The number of carbonyl (C=O) groups is 1. The molecule has 5 aromatic rings. The first kappa shape index (κ1) is 27.6. The number of aromatic carboxylic acids is 1. The fraction of sp³-hybridized carbons (Fsp3) is 0.273. The number of aromatic nitrogens is 2. The molecule has 43 heavy (non-hydrogen) atoms. The fourth-order valence-electron chi connectivity index (χ4n) is 5.80. The number of hydrogen-bond acceptors (Lipinski definition) is 6. The maximum absolute atomic E-state index is 13.8. The summed E-state index contributed by atoms with van der Waals surface area (Å²) in [4.78, 5) is 18.8. The highest BCUT2D eigenvalue weighted by atomic mass is 35.5. The Morgan fingerprint density at radius 2 is 2.02 bits per heavy atom. The van der Waals surface area contributed by atoms with E-state index in [0.717, 1.165) is 60.7 Å². The standard InChI is InChI=1S/C33H29ClFN3O5/c34-26-7-5-22(32-25(26)16-30(35)43-32)19-42-29-4-2-1-3-24(29)20-9-12-37(13-10-20)18-31-36-27-8-6-21(33(39)40)15-28(27)38(31)17-23-11-14-41-23/h1-9,15-16,23H,10-14,17-19H2,(H,39,40)/t23-/m0/s1. The van der Waals surface area contributed by atoms with Crippen molar-refractivity contribution in [3.8, 4) is 5.75 Å². The fourth-order valence-corrected chi connectivity index (χ4v) is 6.01. The first-order chi connectivity index (χ1) is 20.9. The number of rotatable bonds is 9. The molecular weight excluding hydrogens is 573 g/mol. The molecule has 2 aromatic heterocycles. The molecule has 0 unspecified atom stereocenters. The molecule has 0 saturated carbocycles. The van der Waals surface area contributed by atoms with E-state index in [2.05, 4.69) is 21.6 Å². The van der Waals surface area contributed by atoms with E-state index in [1.54, 1.807) is 30.3 Å². The predicted molar refractivity (Wildman–Crippen MR) is 161 cm³/mol. The Morgan fingerprint density at radius 3 is 2.79 bits per heavy atom. The molecule has 3 aromatic carbocycles. The summed E-state index contributed by atoms with van der Waals surface area (Å²) in [6.45, 7) is 3.81. The molecule has 4 heterocycles. The van der Waals surface area contributed by atoms with Gasteiger partial charge in [-0.25, -0.2) is 9.78 Å². The SMILES string of the molecule is O=C(O)c1ccc2nc(CN3CC=C(c4ccccc4OCc4ccc(Cl)c5cc(F)oc45)CC3)n(C[C@@H]3CCO3)c2c1. The van der Waals surface area contributed by atoms with Crippen LogP contribution in [0.25, 0.3) is 27.6 Å². The van der Waals surface area contributed by atoms with Gasteiger partial charge in [0, 0.05) is 42.3 Å². The van der Waals surface area contributed by atoms with Gasteiger partial charge in [-0.2, -0.15) is 4.39 Å². The summed E-state index contributed by atoms with van der Waals surface area (Å²) in [5, 5.41) is 10.5. The minimum Gasteiger partial charge on any atom is -0.488 e. The summed E-state index contributed by atoms with van der Waals surface area (Å²) < 4.78 is 33.1. The van der Waals surface area contributed by atoms with E-state index >= 15 is 0 Å². The van der Waals surface area contributed by atoms with Gasteiger partial charge in [0.2, 0.25) is 0 Å². The van der Waals surface area contributed by atoms with E-state index in [1.807, 2.05) is 18.2 Å². The lowest BCUT2D eigenvalue weighted by Crippen LogP contribution is -2.33. The van der Waals surface area contributed by atoms with Gasteiger partial charge in [0.05, 0.1) is 40.8 Å². The van der Waals surface area contributed by atoms with Crippen LogP contribution in [0.5, 0.6) is 5.75 Å². The summed E-state index contributed by atoms with van der Waals surface area (Å²) in [7, 11) is 0. The van der Waals surface area contributed by atoms with Crippen LogP contribution in [0.2, 0.25) is 5.02 Å². The number of imidazole rings is 1. The zero-order chi connectivity index (χ0) is 29.5. The van der Waals surface area contributed by atoms with Crippen LogP contribution in [-0.2, 0) is 24.4 Å². The molecule has 1 N–H and O–H groups in total. The molecule has 0 bridgehead atoms. The van der Waals surface area contributed by atoms with Crippen LogP contribution in [0.15, 0.2) is 71.2 Å². The van der Waals surface area contributed by atoms with E-state index in [0.29, 0.717) is 34.6 Å². The van der Waals surface area contributed by atoms with E-state index in [9.17, 15) is 14.3 Å². The molecule has 0 aliphatic carbocycles. The number of ether oxygens (including phenoxy) is 2. The summed E-state index contributed by atoms with van der Waals surface area (Å²) in [6, 6.07) is 17.1. The minimum atomic E-state index is -0.953. The predicted octanol–water partition coefficient (Wildman–Crippen LogP) is 6.93. The van der Waals surface area contributed by atoms with Crippen molar-refractivity contribution in [3.05, 3.63) is 100 Å². The van der Waals surface area contributed by atoms with Crippen molar-refractivity contribution in [1.82, 2.24) is 14.5 Å². The molecular formula is C33H29ClFN3O5. The van der Waals surface area contributed by atoms with Gasteiger partial charge >= 0.3 is 5.97 Å². The second-order valence-corrected chi connectivity index (χ2v) is 11.3. The molecule has 0 spiro atoms. The van der Waals surface area contributed by atoms with Crippen LogP contribution in [-0.4, -0.2) is 51.3 Å². The van der Waals surface area contributed by atoms with Crippen molar-refractivity contribution in [1.29, 1.82) is 0 Å². The molecule has 1 fully saturated rings. The van der Waals surface area contributed by atoms with E-state index in [4.69, 9.17) is 30.5 Å². The van der Waals surface area contributed by atoms with Crippen molar-refractivity contribution < 1.29 is 28.2 Å². The van der Waals surface area contributed by atoms with E-state index in [1.165, 1.54) is 11.6 Å². The van der Waals surface area contributed by atoms with Crippen LogP contribution in [0.4, 0.5) is 4.39 Å². The monoisotopic (exact) mass is 601 g/mol. The van der Waals surface area contributed by atoms with Crippen molar-refractivity contribution in [2.24, 2.45) is 0 Å². The lowest BCUT2D eigenvalue weighted by atomic mass is 9.98. The second-order valence-electron chi connectivity index (χ2n) is 10.9. The van der Waals surface area contributed by atoms with E-state index in [-0.39, 0.29) is 18.3 Å². The summed E-state index contributed by atoms with van der Waals surface area (Å²) in [6.07, 6.45) is 4.14. The third-order valence-electron chi connectivity index (χ3n) is 8.21. The number of carboxylic acids is 1. The Kier molecular flexibility index (Phi) is 7.38. The van der Waals surface area contributed by atoms with Crippen LogP contribution < -0.4 is 4.74 Å². The van der Waals surface area contributed by atoms with Crippen molar-refractivity contribution in [2.45, 2.75) is 38.6 Å². The highest BCUT2D eigenvalue weighted by molar-refractivity contribution is 6.35. The molecule has 2 aliphatic rings. The molecule has 10 heteroatoms. The first-order valence-electron chi connectivity index (χ1n) is 14.3.